The van der Waals surface area contributed by atoms with E-state index in [4.69, 9.17) is 23.2 Å². The van der Waals surface area contributed by atoms with Crippen LogP contribution in [0, 0.1) is 0 Å². The van der Waals surface area contributed by atoms with E-state index in [9.17, 15) is 9.59 Å². The Hall–Kier alpha value is -2.04. The van der Waals surface area contributed by atoms with Gasteiger partial charge in [-0.1, -0.05) is 41.4 Å². The van der Waals surface area contributed by atoms with Crippen molar-refractivity contribution in [2.24, 2.45) is 0 Å². The number of benzene rings is 2. The predicted octanol–water partition coefficient (Wildman–Crippen LogP) is 3.88. The number of para-hydroxylation sites is 1. The Labute approximate surface area is 145 Å². The lowest BCUT2D eigenvalue weighted by Gasteiger charge is -2.15. The zero-order valence-electron chi connectivity index (χ0n) is 12.8. The highest BCUT2D eigenvalue weighted by molar-refractivity contribution is 6.35. The Balaban J connectivity index is 2.16. The molecule has 4 nitrogen and oxygen atoms in total. The second-order valence-corrected chi connectivity index (χ2v) is 6.05. The molecule has 0 saturated heterocycles. The van der Waals surface area contributed by atoms with Gasteiger partial charge in [0.2, 0.25) is 5.91 Å². The number of hydrogen-bond donors (Lipinski definition) is 1. The highest BCUT2D eigenvalue weighted by atomic mass is 35.5. The van der Waals surface area contributed by atoms with Crippen LogP contribution in [0.4, 0.5) is 5.69 Å². The quantitative estimate of drug-likeness (QED) is 0.909. The third-order valence-electron chi connectivity index (χ3n) is 3.20. The molecule has 6 heteroatoms. The van der Waals surface area contributed by atoms with Crippen molar-refractivity contribution < 1.29 is 9.59 Å². The van der Waals surface area contributed by atoms with Crippen molar-refractivity contribution in [2.75, 3.05) is 19.4 Å². The minimum Gasteiger partial charge on any atom is -0.345 e. The Bertz CT molecular complexity index is 745. The molecule has 2 aromatic carbocycles. The van der Waals surface area contributed by atoms with Gasteiger partial charge in [-0.25, -0.2) is 0 Å². The van der Waals surface area contributed by atoms with Crippen LogP contribution in [0.15, 0.2) is 42.5 Å². The van der Waals surface area contributed by atoms with Gasteiger partial charge in [-0.2, -0.15) is 0 Å². The SMILES string of the molecule is CN(C)C(=O)c1ccccc1NC(=O)Cc1ccc(Cl)cc1Cl. The predicted molar refractivity (Wildman–Crippen MR) is 93.3 cm³/mol. The Morgan fingerprint density at radius 1 is 1.09 bits per heavy atom. The molecule has 1 N–H and O–H groups in total. The maximum atomic E-state index is 12.2. The van der Waals surface area contributed by atoms with E-state index in [2.05, 4.69) is 5.32 Å². The van der Waals surface area contributed by atoms with Crippen molar-refractivity contribution >= 4 is 40.7 Å². The van der Waals surface area contributed by atoms with Crippen LogP contribution in [0.3, 0.4) is 0 Å². The summed E-state index contributed by atoms with van der Waals surface area (Å²) in [5.41, 5.74) is 1.58. The summed E-state index contributed by atoms with van der Waals surface area (Å²) in [6, 6.07) is 11.9. The van der Waals surface area contributed by atoms with Crippen LogP contribution in [0.1, 0.15) is 15.9 Å². The average molecular weight is 351 g/mol. The third kappa shape index (κ3) is 4.47. The first-order valence-corrected chi connectivity index (χ1v) is 7.68. The van der Waals surface area contributed by atoms with E-state index in [1.54, 1.807) is 56.6 Å². The molecule has 0 radical (unpaired) electrons. The molecule has 2 amide bonds. The Kier molecular flexibility index (Phi) is 5.64. The number of anilines is 1. The fraction of sp³-hybridized carbons (Fsp3) is 0.176. The summed E-state index contributed by atoms with van der Waals surface area (Å²) >= 11 is 11.9. The number of carbonyl (C=O) groups is 2. The molecule has 2 rings (SSSR count). The number of nitrogens with zero attached hydrogens (tertiary/aromatic N) is 1. The number of rotatable bonds is 4. The normalized spacial score (nSPS) is 10.3. The van der Waals surface area contributed by atoms with Crippen molar-refractivity contribution in [2.45, 2.75) is 6.42 Å². The summed E-state index contributed by atoms with van der Waals surface area (Å²) in [6.45, 7) is 0. The van der Waals surface area contributed by atoms with E-state index < -0.39 is 0 Å². The van der Waals surface area contributed by atoms with Crippen molar-refractivity contribution in [1.29, 1.82) is 0 Å². The van der Waals surface area contributed by atoms with Gasteiger partial charge in [-0.05, 0) is 29.8 Å². The largest absolute Gasteiger partial charge is 0.345 e. The topological polar surface area (TPSA) is 49.4 Å². The van der Waals surface area contributed by atoms with Gasteiger partial charge >= 0.3 is 0 Å². The number of halogens is 2. The van der Waals surface area contributed by atoms with Crippen LogP contribution >= 0.6 is 23.2 Å². The lowest BCUT2D eigenvalue weighted by molar-refractivity contribution is -0.115. The smallest absolute Gasteiger partial charge is 0.255 e. The minimum atomic E-state index is -0.256. The zero-order valence-corrected chi connectivity index (χ0v) is 14.3. The molecule has 0 aliphatic heterocycles. The Morgan fingerprint density at radius 3 is 2.43 bits per heavy atom. The first kappa shape index (κ1) is 17.3. The number of carbonyl (C=O) groups excluding carboxylic acids is 2. The first-order chi connectivity index (χ1) is 10.9. The lowest BCUT2D eigenvalue weighted by Crippen LogP contribution is -2.24. The fourth-order valence-corrected chi connectivity index (χ4v) is 2.53. The zero-order chi connectivity index (χ0) is 17.0. The highest BCUT2D eigenvalue weighted by Crippen LogP contribution is 2.22. The van der Waals surface area contributed by atoms with Crippen LogP contribution in [0.25, 0.3) is 0 Å². The molecule has 120 valence electrons. The van der Waals surface area contributed by atoms with Crippen LogP contribution < -0.4 is 5.32 Å². The highest BCUT2D eigenvalue weighted by Gasteiger charge is 2.15. The van der Waals surface area contributed by atoms with Gasteiger partial charge in [0.25, 0.3) is 5.91 Å². The van der Waals surface area contributed by atoms with Gasteiger partial charge in [-0.3, -0.25) is 9.59 Å². The molecular weight excluding hydrogens is 335 g/mol. The van der Waals surface area contributed by atoms with Gasteiger partial charge < -0.3 is 10.2 Å². The summed E-state index contributed by atoms with van der Waals surface area (Å²) in [6.07, 6.45) is 0.0977. The number of hydrogen-bond acceptors (Lipinski definition) is 2. The number of nitrogens with one attached hydrogen (secondary N) is 1. The molecule has 0 aliphatic carbocycles. The lowest BCUT2D eigenvalue weighted by atomic mass is 10.1. The molecule has 0 heterocycles. The van der Waals surface area contributed by atoms with E-state index in [0.717, 1.165) is 0 Å². The van der Waals surface area contributed by atoms with E-state index >= 15 is 0 Å². The second-order valence-electron chi connectivity index (χ2n) is 5.21. The summed E-state index contributed by atoms with van der Waals surface area (Å²) < 4.78 is 0. The van der Waals surface area contributed by atoms with E-state index in [-0.39, 0.29) is 18.2 Å². The third-order valence-corrected chi connectivity index (χ3v) is 3.79. The maximum absolute atomic E-state index is 12.2. The Morgan fingerprint density at radius 2 is 1.78 bits per heavy atom. The van der Waals surface area contributed by atoms with E-state index in [0.29, 0.717) is 26.9 Å². The van der Waals surface area contributed by atoms with Crippen molar-refractivity contribution in [3.05, 3.63) is 63.6 Å². The minimum absolute atomic E-state index is 0.0977. The molecule has 0 atom stereocenters. The molecule has 0 spiro atoms. The molecule has 2 aromatic rings. The van der Waals surface area contributed by atoms with E-state index in [1.807, 2.05) is 0 Å². The van der Waals surface area contributed by atoms with Gasteiger partial charge in [0.05, 0.1) is 17.7 Å². The summed E-state index contributed by atoms with van der Waals surface area (Å²) in [7, 11) is 3.32. The molecule has 0 bridgehead atoms. The van der Waals surface area contributed by atoms with Crippen molar-refractivity contribution in [3.8, 4) is 0 Å². The van der Waals surface area contributed by atoms with Gasteiger partial charge in [-0.15, -0.1) is 0 Å². The second kappa shape index (κ2) is 7.49. The molecule has 23 heavy (non-hydrogen) atoms. The van der Waals surface area contributed by atoms with Crippen LogP contribution in [0.5, 0.6) is 0 Å². The molecule has 0 saturated carbocycles. The van der Waals surface area contributed by atoms with Gasteiger partial charge in [0, 0.05) is 24.1 Å². The molecule has 0 aromatic heterocycles. The molecular formula is C17H16Cl2N2O2. The average Bonchev–Trinajstić information content (AvgIpc) is 2.50. The van der Waals surface area contributed by atoms with Gasteiger partial charge in [0.1, 0.15) is 0 Å². The fourth-order valence-electron chi connectivity index (χ4n) is 2.05. The number of amides is 2. The van der Waals surface area contributed by atoms with E-state index in [1.165, 1.54) is 4.90 Å². The summed E-state index contributed by atoms with van der Waals surface area (Å²) in [5, 5.41) is 3.71. The molecule has 0 aliphatic rings. The van der Waals surface area contributed by atoms with Gasteiger partial charge in [0.15, 0.2) is 0 Å². The molecule has 0 unspecified atom stereocenters. The monoisotopic (exact) mass is 350 g/mol. The standard InChI is InChI=1S/C17H16Cl2N2O2/c1-21(2)17(23)13-5-3-4-6-15(13)20-16(22)9-11-7-8-12(18)10-14(11)19/h3-8,10H,9H2,1-2H3,(H,20,22). The summed E-state index contributed by atoms with van der Waals surface area (Å²) in [4.78, 5) is 25.8. The first-order valence-electron chi connectivity index (χ1n) is 6.93. The van der Waals surface area contributed by atoms with Crippen molar-refractivity contribution in [3.63, 3.8) is 0 Å². The van der Waals surface area contributed by atoms with Crippen LogP contribution in [-0.2, 0) is 11.2 Å². The van der Waals surface area contributed by atoms with Crippen LogP contribution in [-0.4, -0.2) is 30.8 Å². The maximum Gasteiger partial charge on any atom is 0.255 e. The van der Waals surface area contributed by atoms with Crippen molar-refractivity contribution in [1.82, 2.24) is 4.90 Å². The van der Waals surface area contributed by atoms with Crippen LogP contribution in [0.2, 0.25) is 10.0 Å². The molecule has 0 fully saturated rings. The summed E-state index contributed by atoms with van der Waals surface area (Å²) in [5.74, 6) is -0.432.